The van der Waals surface area contributed by atoms with Gasteiger partial charge in [-0.15, -0.1) is 0 Å². The van der Waals surface area contributed by atoms with Gasteiger partial charge in [-0.25, -0.2) is 0 Å². The smallest absolute Gasteiger partial charge is 0.147 e. The molecule has 2 bridgehead atoms. The Hall–Kier alpha value is -0.630. The van der Waals surface area contributed by atoms with Gasteiger partial charge < -0.3 is 0 Å². The van der Waals surface area contributed by atoms with Gasteiger partial charge in [0.05, 0.1) is 6.04 Å². The van der Waals surface area contributed by atoms with Crippen LogP contribution < -0.4 is 0 Å². The maximum atomic E-state index is 12.0. The Morgan fingerprint density at radius 1 is 1.18 bits per heavy atom. The second-order valence-electron chi connectivity index (χ2n) is 6.10. The van der Waals surface area contributed by atoms with Crippen LogP contribution in [0.1, 0.15) is 39.0 Å². The van der Waals surface area contributed by atoms with Crippen LogP contribution in [0.3, 0.4) is 0 Å². The fraction of sp³-hybridized carbons (Fsp3) is 0.800. The molecular formula is C15H23NO. The van der Waals surface area contributed by atoms with Crippen LogP contribution in [0.5, 0.6) is 0 Å². The van der Waals surface area contributed by atoms with Gasteiger partial charge in [-0.1, -0.05) is 18.6 Å². The van der Waals surface area contributed by atoms with Crippen molar-refractivity contribution in [2.75, 3.05) is 13.1 Å². The van der Waals surface area contributed by atoms with Crippen molar-refractivity contribution >= 4 is 5.78 Å². The van der Waals surface area contributed by atoms with E-state index < -0.39 is 0 Å². The Balaban J connectivity index is 1.75. The fourth-order valence-electron chi connectivity index (χ4n) is 4.21. The molecule has 4 unspecified atom stereocenters. The number of hydrogen-bond donors (Lipinski definition) is 0. The average molecular weight is 233 g/mol. The predicted molar refractivity (Wildman–Crippen MR) is 68.7 cm³/mol. The molecule has 0 N–H and O–H groups in total. The van der Waals surface area contributed by atoms with Crippen molar-refractivity contribution in [3.63, 3.8) is 0 Å². The number of rotatable bonds is 3. The molecule has 4 atom stereocenters. The van der Waals surface area contributed by atoms with Gasteiger partial charge in [0.15, 0.2) is 0 Å². The zero-order chi connectivity index (χ0) is 11.8. The number of Topliss-reactive ketones (excluding diaryl/α,β-unsaturated/α-hetero) is 1. The van der Waals surface area contributed by atoms with E-state index in [-0.39, 0.29) is 6.04 Å². The molecule has 2 heteroatoms. The van der Waals surface area contributed by atoms with Crippen LogP contribution in [-0.2, 0) is 4.79 Å². The summed E-state index contributed by atoms with van der Waals surface area (Å²) in [6.07, 6.45) is 11.2. The van der Waals surface area contributed by atoms with Gasteiger partial charge in [-0.3, -0.25) is 9.69 Å². The number of ketones is 1. The summed E-state index contributed by atoms with van der Waals surface area (Å²) < 4.78 is 0. The summed E-state index contributed by atoms with van der Waals surface area (Å²) in [4.78, 5) is 14.5. The minimum atomic E-state index is 0.218. The predicted octanol–water partition coefficient (Wildman–Crippen LogP) is 2.64. The van der Waals surface area contributed by atoms with E-state index in [1.54, 1.807) is 6.92 Å². The lowest BCUT2D eigenvalue weighted by atomic mass is 9.83. The highest BCUT2D eigenvalue weighted by molar-refractivity contribution is 5.82. The van der Waals surface area contributed by atoms with Crippen molar-refractivity contribution in [3.05, 3.63) is 12.2 Å². The summed E-state index contributed by atoms with van der Waals surface area (Å²) in [6, 6.07) is 0.218. The number of fused-ring (bicyclic) bond motifs is 2. The summed E-state index contributed by atoms with van der Waals surface area (Å²) in [5, 5.41) is 0. The van der Waals surface area contributed by atoms with E-state index in [9.17, 15) is 4.79 Å². The molecule has 2 fully saturated rings. The van der Waals surface area contributed by atoms with Crippen molar-refractivity contribution in [1.29, 1.82) is 0 Å². The third kappa shape index (κ3) is 2.08. The lowest BCUT2D eigenvalue weighted by Crippen LogP contribution is -2.48. The molecule has 1 aliphatic heterocycles. The molecule has 1 saturated carbocycles. The van der Waals surface area contributed by atoms with Crippen LogP contribution in [0.15, 0.2) is 12.2 Å². The Bertz CT molecular complexity index is 330. The van der Waals surface area contributed by atoms with E-state index in [4.69, 9.17) is 0 Å². The standard InChI is InChI=1S/C15H23NO/c1-11(17)15(16-7-3-2-4-8-16)14-10-12-5-6-13(14)9-12/h5-6,12-15H,2-4,7-10H2,1H3. The Morgan fingerprint density at radius 3 is 2.47 bits per heavy atom. The van der Waals surface area contributed by atoms with E-state index in [0.717, 1.165) is 19.0 Å². The van der Waals surface area contributed by atoms with Crippen molar-refractivity contribution in [3.8, 4) is 0 Å². The zero-order valence-electron chi connectivity index (χ0n) is 10.8. The summed E-state index contributed by atoms with van der Waals surface area (Å²) in [6.45, 7) is 4.08. The second kappa shape index (κ2) is 4.56. The number of likely N-dealkylation sites (tertiary alicyclic amines) is 1. The number of nitrogens with zero attached hydrogens (tertiary/aromatic N) is 1. The highest BCUT2D eigenvalue weighted by Gasteiger charge is 2.43. The number of piperidine rings is 1. The molecule has 1 heterocycles. The van der Waals surface area contributed by atoms with Gasteiger partial charge >= 0.3 is 0 Å². The van der Waals surface area contributed by atoms with Gasteiger partial charge in [0.1, 0.15) is 5.78 Å². The van der Waals surface area contributed by atoms with E-state index in [0.29, 0.717) is 17.6 Å². The average Bonchev–Trinajstić information content (AvgIpc) is 2.92. The van der Waals surface area contributed by atoms with Gasteiger partial charge in [0.2, 0.25) is 0 Å². The van der Waals surface area contributed by atoms with E-state index in [1.807, 2.05) is 0 Å². The Morgan fingerprint density at radius 2 is 1.94 bits per heavy atom. The molecule has 0 spiro atoms. The number of carbonyl (C=O) groups is 1. The summed E-state index contributed by atoms with van der Waals surface area (Å²) in [7, 11) is 0. The van der Waals surface area contributed by atoms with Gasteiger partial charge in [-0.05, 0) is 63.5 Å². The van der Waals surface area contributed by atoms with Gasteiger partial charge in [-0.2, -0.15) is 0 Å². The monoisotopic (exact) mass is 233 g/mol. The minimum Gasteiger partial charge on any atom is -0.298 e. The second-order valence-corrected chi connectivity index (χ2v) is 6.10. The Labute approximate surface area is 104 Å². The number of allylic oxidation sites excluding steroid dienone is 2. The third-order valence-electron chi connectivity index (χ3n) is 4.94. The normalized spacial score (nSPS) is 38.5. The van der Waals surface area contributed by atoms with Gasteiger partial charge in [0, 0.05) is 0 Å². The molecule has 2 aliphatic carbocycles. The molecule has 0 amide bonds. The lowest BCUT2D eigenvalue weighted by molar-refractivity contribution is -0.125. The minimum absolute atomic E-state index is 0.218. The van der Waals surface area contributed by atoms with Crippen molar-refractivity contribution in [2.24, 2.45) is 17.8 Å². The molecule has 0 aromatic heterocycles. The molecule has 94 valence electrons. The molecule has 0 aromatic carbocycles. The molecular weight excluding hydrogens is 210 g/mol. The van der Waals surface area contributed by atoms with Crippen LogP contribution in [0.4, 0.5) is 0 Å². The largest absolute Gasteiger partial charge is 0.298 e. The first-order chi connectivity index (χ1) is 8.25. The SMILES string of the molecule is CC(=O)C(C1CC2C=CC1C2)N1CCCCC1. The van der Waals surface area contributed by atoms with Crippen LogP contribution in [0.25, 0.3) is 0 Å². The lowest BCUT2D eigenvalue weighted by Gasteiger charge is -2.38. The zero-order valence-corrected chi connectivity index (χ0v) is 10.8. The summed E-state index contributed by atoms with van der Waals surface area (Å²) >= 11 is 0. The molecule has 1 saturated heterocycles. The topological polar surface area (TPSA) is 20.3 Å². The van der Waals surface area contributed by atoms with Crippen molar-refractivity contribution in [2.45, 2.75) is 45.1 Å². The van der Waals surface area contributed by atoms with Crippen molar-refractivity contribution < 1.29 is 4.79 Å². The maximum absolute atomic E-state index is 12.0. The van der Waals surface area contributed by atoms with E-state index >= 15 is 0 Å². The van der Waals surface area contributed by atoms with E-state index in [1.165, 1.54) is 32.1 Å². The van der Waals surface area contributed by atoms with Crippen LogP contribution in [0.2, 0.25) is 0 Å². The summed E-state index contributed by atoms with van der Waals surface area (Å²) in [5.41, 5.74) is 0. The molecule has 3 rings (SSSR count). The molecule has 0 radical (unpaired) electrons. The molecule has 0 aromatic rings. The fourth-order valence-corrected chi connectivity index (χ4v) is 4.21. The first kappa shape index (κ1) is 11.5. The highest BCUT2D eigenvalue weighted by Crippen LogP contribution is 2.46. The molecule has 3 aliphatic rings. The number of hydrogen-bond acceptors (Lipinski definition) is 2. The number of carbonyl (C=O) groups excluding carboxylic acids is 1. The Kier molecular flexibility index (Phi) is 3.08. The maximum Gasteiger partial charge on any atom is 0.147 e. The first-order valence-corrected chi connectivity index (χ1v) is 7.18. The quantitative estimate of drug-likeness (QED) is 0.698. The third-order valence-corrected chi connectivity index (χ3v) is 4.94. The van der Waals surface area contributed by atoms with E-state index in [2.05, 4.69) is 17.1 Å². The molecule has 17 heavy (non-hydrogen) atoms. The van der Waals surface area contributed by atoms with Crippen molar-refractivity contribution in [1.82, 2.24) is 4.90 Å². The molecule has 2 nitrogen and oxygen atoms in total. The van der Waals surface area contributed by atoms with Crippen LogP contribution >= 0.6 is 0 Å². The van der Waals surface area contributed by atoms with Gasteiger partial charge in [0.25, 0.3) is 0 Å². The first-order valence-electron chi connectivity index (χ1n) is 7.18. The van der Waals surface area contributed by atoms with Crippen LogP contribution in [-0.4, -0.2) is 29.8 Å². The highest BCUT2D eigenvalue weighted by atomic mass is 16.1. The summed E-state index contributed by atoms with van der Waals surface area (Å²) in [5.74, 6) is 2.48. The van der Waals surface area contributed by atoms with Crippen LogP contribution in [0, 0.1) is 17.8 Å².